The van der Waals surface area contributed by atoms with Crippen LogP contribution >= 0.6 is 11.6 Å². The second-order valence-corrected chi connectivity index (χ2v) is 6.15. The maximum atomic E-state index is 12.1. The molecule has 0 saturated carbocycles. The average Bonchev–Trinajstić information content (AvgIpc) is 3.03. The zero-order valence-corrected chi connectivity index (χ0v) is 13.6. The first kappa shape index (κ1) is 15.9. The standard InChI is InChI=1S/C18H20ClNO3/c19-13-6-8-14(9-7-13)22-11-2-5-18(21)20-16-3-1-4-17-15(16)10-12-23-17/h6-10,12,16H,1-5,11H2,(H,20,21). The van der Waals surface area contributed by atoms with Crippen molar-refractivity contribution in [1.82, 2.24) is 5.32 Å². The Morgan fingerprint density at radius 1 is 1.30 bits per heavy atom. The first-order valence-electron chi connectivity index (χ1n) is 7.96. The number of ether oxygens (including phenoxy) is 1. The number of carbonyl (C=O) groups is 1. The Morgan fingerprint density at radius 2 is 2.13 bits per heavy atom. The highest BCUT2D eigenvalue weighted by atomic mass is 35.5. The third kappa shape index (κ3) is 4.29. The summed E-state index contributed by atoms with van der Waals surface area (Å²) < 4.78 is 11.0. The number of amides is 1. The van der Waals surface area contributed by atoms with Crippen LogP contribution in [-0.4, -0.2) is 12.5 Å². The molecule has 0 fully saturated rings. The minimum atomic E-state index is 0.0590. The second-order valence-electron chi connectivity index (χ2n) is 5.72. The Balaban J connectivity index is 1.40. The van der Waals surface area contributed by atoms with E-state index in [-0.39, 0.29) is 11.9 Å². The van der Waals surface area contributed by atoms with Crippen LogP contribution in [0.1, 0.15) is 43.0 Å². The number of nitrogens with one attached hydrogen (secondary N) is 1. The number of hydrogen-bond donors (Lipinski definition) is 1. The van der Waals surface area contributed by atoms with E-state index in [0.29, 0.717) is 24.5 Å². The van der Waals surface area contributed by atoms with Crippen LogP contribution in [0.15, 0.2) is 41.0 Å². The van der Waals surface area contributed by atoms with Crippen LogP contribution in [0.3, 0.4) is 0 Å². The molecule has 2 aromatic rings. The van der Waals surface area contributed by atoms with E-state index in [4.69, 9.17) is 20.8 Å². The summed E-state index contributed by atoms with van der Waals surface area (Å²) in [7, 11) is 0. The molecule has 0 saturated heterocycles. The summed E-state index contributed by atoms with van der Waals surface area (Å²) in [5.74, 6) is 1.83. The van der Waals surface area contributed by atoms with Gasteiger partial charge in [-0.3, -0.25) is 4.79 Å². The average molecular weight is 334 g/mol. The lowest BCUT2D eigenvalue weighted by Crippen LogP contribution is -2.30. The summed E-state index contributed by atoms with van der Waals surface area (Å²) in [6.07, 6.45) is 5.82. The number of fused-ring (bicyclic) bond motifs is 1. The van der Waals surface area contributed by atoms with Gasteiger partial charge < -0.3 is 14.5 Å². The molecule has 1 aromatic heterocycles. The number of furan rings is 1. The fraction of sp³-hybridized carbons (Fsp3) is 0.389. The molecule has 1 aliphatic rings. The van der Waals surface area contributed by atoms with Crippen LogP contribution in [0.5, 0.6) is 5.75 Å². The van der Waals surface area contributed by atoms with Crippen molar-refractivity contribution in [2.45, 2.75) is 38.1 Å². The van der Waals surface area contributed by atoms with Crippen molar-refractivity contribution in [2.75, 3.05) is 6.61 Å². The van der Waals surface area contributed by atoms with Gasteiger partial charge in [-0.15, -0.1) is 0 Å². The third-order valence-electron chi connectivity index (χ3n) is 4.02. The quantitative estimate of drug-likeness (QED) is 0.802. The van der Waals surface area contributed by atoms with Gasteiger partial charge in [-0.05, 0) is 49.6 Å². The predicted molar refractivity (Wildman–Crippen MR) is 88.7 cm³/mol. The summed E-state index contributed by atoms with van der Waals surface area (Å²) in [5, 5.41) is 3.78. The van der Waals surface area contributed by atoms with Crippen molar-refractivity contribution in [3.63, 3.8) is 0 Å². The van der Waals surface area contributed by atoms with Crippen molar-refractivity contribution in [1.29, 1.82) is 0 Å². The van der Waals surface area contributed by atoms with Gasteiger partial charge in [0.05, 0.1) is 18.9 Å². The lowest BCUT2D eigenvalue weighted by Gasteiger charge is -2.22. The Morgan fingerprint density at radius 3 is 2.96 bits per heavy atom. The lowest BCUT2D eigenvalue weighted by molar-refractivity contribution is -0.122. The van der Waals surface area contributed by atoms with Crippen LogP contribution in [0.2, 0.25) is 5.02 Å². The van der Waals surface area contributed by atoms with E-state index in [2.05, 4.69) is 5.32 Å². The molecular weight excluding hydrogens is 314 g/mol. The number of halogens is 1. The van der Waals surface area contributed by atoms with Crippen LogP contribution in [-0.2, 0) is 11.2 Å². The van der Waals surface area contributed by atoms with Gasteiger partial charge in [-0.1, -0.05) is 11.6 Å². The van der Waals surface area contributed by atoms with E-state index < -0.39 is 0 Å². The van der Waals surface area contributed by atoms with Gasteiger partial charge in [0.1, 0.15) is 11.5 Å². The largest absolute Gasteiger partial charge is 0.494 e. The molecule has 0 aliphatic heterocycles. The second kappa shape index (κ2) is 7.55. The molecule has 1 N–H and O–H groups in total. The molecular formula is C18H20ClNO3. The molecule has 3 rings (SSSR count). The van der Waals surface area contributed by atoms with E-state index in [1.807, 2.05) is 18.2 Å². The van der Waals surface area contributed by atoms with Crippen LogP contribution in [0.25, 0.3) is 0 Å². The molecule has 1 heterocycles. The fourth-order valence-corrected chi connectivity index (χ4v) is 2.98. The minimum Gasteiger partial charge on any atom is -0.494 e. The highest BCUT2D eigenvalue weighted by Crippen LogP contribution is 2.30. The summed E-state index contributed by atoms with van der Waals surface area (Å²) in [6.45, 7) is 0.511. The van der Waals surface area contributed by atoms with E-state index in [1.54, 1.807) is 18.4 Å². The van der Waals surface area contributed by atoms with E-state index >= 15 is 0 Å². The molecule has 0 radical (unpaired) electrons. The van der Waals surface area contributed by atoms with Gasteiger partial charge >= 0.3 is 0 Å². The van der Waals surface area contributed by atoms with Gasteiger partial charge in [0.25, 0.3) is 0 Å². The third-order valence-corrected chi connectivity index (χ3v) is 4.27. The Kier molecular flexibility index (Phi) is 5.23. The zero-order chi connectivity index (χ0) is 16.1. The highest BCUT2D eigenvalue weighted by Gasteiger charge is 2.23. The molecule has 122 valence electrons. The van der Waals surface area contributed by atoms with Crippen molar-refractivity contribution >= 4 is 17.5 Å². The number of rotatable bonds is 6. The molecule has 1 aliphatic carbocycles. The summed E-state index contributed by atoms with van der Waals surface area (Å²) in [4.78, 5) is 12.1. The molecule has 1 amide bonds. The fourth-order valence-electron chi connectivity index (χ4n) is 2.86. The van der Waals surface area contributed by atoms with Crippen LogP contribution in [0, 0.1) is 0 Å². The number of aryl methyl sites for hydroxylation is 1. The van der Waals surface area contributed by atoms with Crippen LogP contribution in [0.4, 0.5) is 0 Å². The molecule has 1 aromatic carbocycles. The zero-order valence-electron chi connectivity index (χ0n) is 12.9. The van der Waals surface area contributed by atoms with Gasteiger partial charge in [-0.25, -0.2) is 0 Å². The van der Waals surface area contributed by atoms with Gasteiger partial charge in [0.2, 0.25) is 5.91 Å². The van der Waals surface area contributed by atoms with Gasteiger partial charge in [-0.2, -0.15) is 0 Å². The monoisotopic (exact) mass is 333 g/mol. The summed E-state index contributed by atoms with van der Waals surface area (Å²) in [5.41, 5.74) is 1.13. The molecule has 23 heavy (non-hydrogen) atoms. The Hall–Kier alpha value is -1.94. The first-order valence-corrected chi connectivity index (χ1v) is 8.34. The lowest BCUT2D eigenvalue weighted by atomic mass is 9.93. The van der Waals surface area contributed by atoms with E-state index in [1.165, 1.54) is 0 Å². The first-order chi connectivity index (χ1) is 11.2. The molecule has 1 atom stereocenters. The molecule has 4 nitrogen and oxygen atoms in total. The van der Waals surface area contributed by atoms with Crippen molar-refractivity contribution in [2.24, 2.45) is 0 Å². The predicted octanol–water partition coefficient (Wildman–Crippen LogP) is 4.29. The normalized spacial score (nSPS) is 16.7. The Bertz CT molecular complexity index is 651. The van der Waals surface area contributed by atoms with Gasteiger partial charge in [0, 0.05) is 23.4 Å². The van der Waals surface area contributed by atoms with Crippen molar-refractivity contribution in [3.05, 3.63) is 52.9 Å². The smallest absolute Gasteiger partial charge is 0.220 e. The maximum absolute atomic E-state index is 12.1. The van der Waals surface area contributed by atoms with Crippen LogP contribution < -0.4 is 10.1 Å². The summed E-state index contributed by atoms with van der Waals surface area (Å²) in [6, 6.07) is 9.27. The molecule has 5 heteroatoms. The molecule has 0 spiro atoms. The highest BCUT2D eigenvalue weighted by molar-refractivity contribution is 6.30. The number of carbonyl (C=O) groups excluding carboxylic acids is 1. The molecule has 0 bridgehead atoms. The van der Waals surface area contributed by atoms with E-state index in [0.717, 1.165) is 36.3 Å². The topological polar surface area (TPSA) is 51.5 Å². The SMILES string of the molecule is O=C(CCCOc1ccc(Cl)cc1)NC1CCCc2occc21. The van der Waals surface area contributed by atoms with E-state index in [9.17, 15) is 4.79 Å². The van der Waals surface area contributed by atoms with Gasteiger partial charge in [0.15, 0.2) is 0 Å². The Labute approximate surface area is 140 Å². The molecule has 1 unspecified atom stereocenters. The maximum Gasteiger partial charge on any atom is 0.220 e. The number of hydrogen-bond acceptors (Lipinski definition) is 3. The number of benzene rings is 1. The summed E-state index contributed by atoms with van der Waals surface area (Å²) >= 11 is 5.82. The minimum absolute atomic E-state index is 0.0590. The van der Waals surface area contributed by atoms with Crippen molar-refractivity contribution in [3.8, 4) is 5.75 Å². The van der Waals surface area contributed by atoms with Crippen molar-refractivity contribution < 1.29 is 13.9 Å².